The van der Waals surface area contributed by atoms with Gasteiger partial charge in [0.1, 0.15) is 0 Å². The van der Waals surface area contributed by atoms with E-state index in [1.165, 1.54) is 17.4 Å². The molecule has 1 aliphatic heterocycles. The maximum absolute atomic E-state index is 12.5. The summed E-state index contributed by atoms with van der Waals surface area (Å²) in [7, 11) is 0. The van der Waals surface area contributed by atoms with Crippen molar-refractivity contribution in [1.82, 2.24) is 4.90 Å². The van der Waals surface area contributed by atoms with Crippen LogP contribution < -0.4 is 0 Å². The summed E-state index contributed by atoms with van der Waals surface area (Å²) in [4.78, 5) is 26.2. The van der Waals surface area contributed by atoms with Crippen molar-refractivity contribution in [3.63, 3.8) is 0 Å². The summed E-state index contributed by atoms with van der Waals surface area (Å²) in [5, 5.41) is 8.59. The number of carboxylic acid groups (broad SMARTS) is 1. The summed E-state index contributed by atoms with van der Waals surface area (Å²) in [6.45, 7) is 5.60. The monoisotopic (exact) mass is 295 g/mol. The Balaban J connectivity index is 2.15. The second kappa shape index (κ2) is 5.76. The number of amides is 1. The zero-order chi connectivity index (χ0) is 14.8. The normalized spacial score (nSPS) is 18.4. The number of aliphatic carboxylic acids is 1. The van der Waals surface area contributed by atoms with Crippen molar-refractivity contribution in [2.45, 2.75) is 19.4 Å². The van der Waals surface area contributed by atoms with Crippen molar-refractivity contribution in [2.24, 2.45) is 0 Å². The highest BCUT2D eigenvalue weighted by atomic mass is 32.1. The molecule has 2 rings (SSSR count). The molecule has 1 aromatic heterocycles. The Hall–Kier alpha value is -1.66. The van der Waals surface area contributed by atoms with Gasteiger partial charge in [-0.3, -0.25) is 4.79 Å². The lowest BCUT2D eigenvalue weighted by molar-refractivity contribution is -0.131. The van der Waals surface area contributed by atoms with Crippen molar-refractivity contribution in [3.05, 3.63) is 28.0 Å². The van der Waals surface area contributed by atoms with Gasteiger partial charge in [-0.05, 0) is 32.1 Å². The third-order valence-corrected chi connectivity index (χ3v) is 4.16. The van der Waals surface area contributed by atoms with E-state index in [1.807, 2.05) is 18.7 Å². The van der Waals surface area contributed by atoms with E-state index in [9.17, 15) is 9.59 Å². The summed E-state index contributed by atoms with van der Waals surface area (Å²) in [6.07, 6.45) is 2.56. The number of hydrogen-bond donors (Lipinski definition) is 1. The Morgan fingerprint density at radius 2 is 2.20 bits per heavy atom. The first kappa shape index (κ1) is 14.7. The standard InChI is InChI=1S/C14H17NO4S/c1-14(2)9-19-8-7-15(14)13(18)11-5-3-10(20-11)4-6-12(16)17/h3-6H,7-9H2,1-2H3,(H,16,17). The molecule has 5 nitrogen and oxygen atoms in total. The lowest BCUT2D eigenvalue weighted by atomic mass is 10.0. The van der Waals surface area contributed by atoms with Gasteiger partial charge in [0.15, 0.2) is 0 Å². The average molecular weight is 295 g/mol. The van der Waals surface area contributed by atoms with Gasteiger partial charge in [0.2, 0.25) is 0 Å². The van der Waals surface area contributed by atoms with Crippen molar-refractivity contribution < 1.29 is 19.4 Å². The molecule has 1 N–H and O–H groups in total. The summed E-state index contributed by atoms with van der Waals surface area (Å²) in [5.41, 5.74) is -0.323. The molecule has 108 valence electrons. The lowest BCUT2D eigenvalue weighted by Crippen LogP contribution is -2.55. The molecule has 0 aliphatic carbocycles. The summed E-state index contributed by atoms with van der Waals surface area (Å²) >= 11 is 1.30. The number of carbonyl (C=O) groups excluding carboxylic acids is 1. The van der Waals surface area contributed by atoms with Gasteiger partial charge >= 0.3 is 5.97 Å². The molecule has 6 heteroatoms. The minimum atomic E-state index is -0.999. The quantitative estimate of drug-likeness (QED) is 0.867. The number of carboxylic acids is 1. The van der Waals surface area contributed by atoms with Crippen LogP contribution in [0.1, 0.15) is 28.4 Å². The SMILES string of the molecule is CC1(C)COCCN1C(=O)c1ccc(C=CC(=O)O)s1. The van der Waals surface area contributed by atoms with Crippen LogP contribution in [0.2, 0.25) is 0 Å². The summed E-state index contributed by atoms with van der Waals surface area (Å²) < 4.78 is 5.40. The largest absolute Gasteiger partial charge is 0.478 e. The van der Waals surface area contributed by atoms with Crippen LogP contribution in [0.15, 0.2) is 18.2 Å². The Morgan fingerprint density at radius 3 is 2.85 bits per heavy atom. The zero-order valence-electron chi connectivity index (χ0n) is 11.5. The maximum atomic E-state index is 12.5. The van der Waals surface area contributed by atoms with Crippen LogP contribution >= 0.6 is 11.3 Å². The van der Waals surface area contributed by atoms with Crippen LogP contribution in [-0.4, -0.2) is 47.2 Å². The van der Waals surface area contributed by atoms with Crippen molar-refractivity contribution >= 4 is 29.3 Å². The summed E-state index contributed by atoms with van der Waals surface area (Å²) in [5.74, 6) is -1.03. The van der Waals surface area contributed by atoms with Gasteiger partial charge in [-0.1, -0.05) is 0 Å². The highest BCUT2D eigenvalue weighted by Crippen LogP contribution is 2.25. The van der Waals surface area contributed by atoms with Gasteiger partial charge in [0.05, 0.1) is 23.6 Å². The Labute approximate surface area is 121 Å². The molecule has 0 bridgehead atoms. The molecule has 0 aromatic carbocycles. The van der Waals surface area contributed by atoms with E-state index >= 15 is 0 Å². The molecular formula is C14H17NO4S. The number of carbonyl (C=O) groups is 2. The predicted octanol–water partition coefficient (Wildman–Crippen LogP) is 2.10. The number of hydrogen-bond acceptors (Lipinski definition) is 4. The molecule has 1 aliphatic rings. The Bertz CT molecular complexity index is 547. The highest BCUT2D eigenvalue weighted by Gasteiger charge is 2.34. The van der Waals surface area contributed by atoms with E-state index in [1.54, 1.807) is 12.1 Å². The third kappa shape index (κ3) is 3.26. The number of thiophene rings is 1. The van der Waals surface area contributed by atoms with Gasteiger partial charge < -0.3 is 14.7 Å². The fourth-order valence-corrected chi connectivity index (χ4v) is 2.94. The molecule has 1 saturated heterocycles. The molecular weight excluding hydrogens is 278 g/mol. The molecule has 0 unspecified atom stereocenters. The van der Waals surface area contributed by atoms with Gasteiger partial charge in [-0.15, -0.1) is 11.3 Å². The van der Waals surface area contributed by atoms with Gasteiger partial charge in [0, 0.05) is 17.5 Å². The minimum absolute atomic E-state index is 0.0294. The van der Waals surface area contributed by atoms with Crippen molar-refractivity contribution in [3.8, 4) is 0 Å². The first-order valence-electron chi connectivity index (χ1n) is 6.31. The fraction of sp³-hybridized carbons (Fsp3) is 0.429. The molecule has 1 aromatic rings. The summed E-state index contributed by atoms with van der Waals surface area (Å²) in [6, 6.07) is 3.49. The molecule has 0 saturated carbocycles. The second-order valence-electron chi connectivity index (χ2n) is 5.20. The van der Waals surface area contributed by atoms with Crippen molar-refractivity contribution in [2.75, 3.05) is 19.8 Å². The molecule has 0 radical (unpaired) electrons. The van der Waals surface area contributed by atoms with Crippen LogP contribution in [0.5, 0.6) is 0 Å². The van der Waals surface area contributed by atoms with Crippen LogP contribution in [0.3, 0.4) is 0 Å². The smallest absolute Gasteiger partial charge is 0.328 e. The van der Waals surface area contributed by atoms with E-state index in [0.29, 0.717) is 24.6 Å². The van der Waals surface area contributed by atoms with E-state index in [4.69, 9.17) is 9.84 Å². The first-order chi connectivity index (χ1) is 9.40. The second-order valence-corrected chi connectivity index (χ2v) is 6.31. The molecule has 0 atom stereocenters. The van der Waals surface area contributed by atoms with Crippen molar-refractivity contribution in [1.29, 1.82) is 0 Å². The highest BCUT2D eigenvalue weighted by molar-refractivity contribution is 7.14. The zero-order valence-corrected chi connectivity index (χ0v) is 12.3. The maximum Gasteiger partial charge on any atom is 0.328 e. The fourth-order valence-electron chi connectivity index (χ4n) is 2.08. The van der Waals surface area contributed by atoms with Gasteiger partial charge in [0.25, 0.3) is 5.91 Å². The topological polar surface area (TPSA) is 66.8 Å². The number of morpholine rings is 1. The number of nitrogens with zero attached hydrogens (tertiary/aromatic N) is 1. The third-order valence-electron chi connectivity index (χ3n) is 3.12. The predicted molar refractivity (Wildman–Crippen MR) is 76.9 cm³/mol. The van der Waals surface area contributed by atoms with Crippen LogP contribution in [0.4, 0.5) is 0 Å². The van der Waals surface area contributed by atoms with E-state index in [0.717, 1.165) is 11.0 Å². The average Bonchev–Trinajstić information content (AvgIpc) is 2.84. The Kier molecular flexibility index (Phi) is 4.25. The van der Waals surface area contributed by atoms with E-state index in [-0.39, 0.29) is 11.4 Å². The van der Waals surface area contributed by atoms with Gasteiger partial charge in [-0.2, -0.15) is 0 Å². The van der Waals surface area contributed by atoms with E-state index in [2.05, 4.69) is 0 Å². The molecule has 0 spiro atoms. The lowest BCUT2D eigenvalue weighted by Gasteiger charge is -2.41. The first-order valence-corrected chi connectivity index (χ1v) is 7.12. The van der Waals surface area contributed by atoms with Crippen LogP contribution in [0, 0.1) is 0 Å². The van der Waals surface area contributed by atoms with Crippen LogP contribution in [-0.2, 0) is 9.53 Å². The molecule has 20 heavy (non-hydrogen) atoms. The molecule has 1 fully saturated rings. The minimum Gasteiger partial charge on any atom is -0.478 e. The number of rotatable bonds is 3. The van der Waals surface area contributed by atoms with Crippen LogP contribution in [0.25, 0.3) is 6.08 Å². The number of ether oxygens (including phenoxy) is 1. The van der Waals surface area contributed by atoms with E-state index < -0.39 is 5.97 Å². The molecule has 2 heterocycles. The molecule has 1 amide bonds. The van der Waals surface area contributed by atoms with Gasteiger partial charge in [-0.25, -0.2) is 4.79 Å². The Morgan fingerprint density at radius 1 is 1.45 bits per heavy atom.